The highest BCUT2D eigenvalue weighted by Gasteiger charge is 2.33. The molecule has 0 saturated heterocycles. The Hall–Kier alpha value is -2.36. The van der Waals surface area contributed by atoms with Crippen LogP contribution in [0.25, 0.3) is 22.2 Å². The van der Waals surface area contributed by atoms with Gasteiger partial charge >= 0.3 is 0 Å². The molecule has 0 bridgehead atoms. The van der Waals surface area contributed by atoms with Crippen molar-refractivity contribution in [2.75, 3.05) is 0 Å². The number of phenols is 1. The zero-order chi connectivity index (χ0) is 19.1. The van der Waals surface area contributed by atoms with E-state index in [4.69, 9.17) is 0 Å². The Morgan fingerprint density at radius 1 is 0.923 bits per heavy atom. The minimum Gasteiger partial charge on any atom is -0.507 e. The largest absolute Gasteiger partial charge is 0.507 e. The number of hydrogen-bond donors (Lipinski definition) is 2. The van der Waals surface area contributed by atoms with Gasteiger partial charge in [-0.2, -0.15) is 0 Å². The van der Waals surface area contributed by atoms with Crippen LogP contribution in [0.15, 0.2) is 30.3 Å². The summed E-state index contributed by atoms with van der Waals surface area (Å²) < 4.78 is 0. The highest BCUT2D eigenvalue weighted by Crippen LogP contribution is 2.47. The number of hydrogen-bond acceptors (Lipinski definition) is 3. The molecule has 0 aliphatic rings. The highest BCUT2D eigenvalue weighted by atomic mass is 16.3. The molecular weight excluding hydrogens is 322 g/mol. The smallest absolute Gasteiger partial charge is 0.127 e. The maximum Gasteiger partial charge on any atom is 0.127 e. The average Bonchev–Trinajstić information content (AvgIpc) is 3.10. The molecule has 0 saturated carbocycles. The van der Waals surface area contributed by atoms with Crippen LogP contribution >= 0.6 is 0 Å². The van der Waals surface area contributed by atoms with Crippen molar-refractivity contribution in [2.45, 2.75) is 65.2 Å². The number of nitrogens with one attached hydrogen (secondary N) is 1. The van der Waals surface area contributed by atoms with Gasteiger partial charge in [0.05, 0.1) is 5.52 Å². The van der Waals surface area contributed by atoms with E-state index in [1.807, 2.05) is 24.3 Å². The molecule has 0 fully saturated rings. The number of aromatic amines is 1. The van der Waals surface area contributed by atoms with Gasteiger partial charge in [0, 0.05) is 16.7 Å². The third kappa shape index (κ3) is 2.87. The van der Waals surface area contributed by atoms with Gasteiger partial charge in [-0.1, -0.05) is 71.0 Å². The summed E-state index contributed by atoms with van der Waals surface area (Å²) in [6.45, 7) is 13.3. The molecular formula is C22H29N3O. The molecule has 1 aromatic heterocycles. The zero-order valence-electron chi connectivity index (χ0n) is 16.6. The SMILES string of the molecule is CCC(C)(C)c1ccc(-c2cccc3[nH]nnc23)c(O)c1C(C)(C)CC. The molecule has 0 atom stereocenters. The third-order valence-electron chi connectivity index (χ3n) is 6.00. The summed E-state index contributed by atoms with van der Waals surface area (Å²) >= 11 is 0. The summed E-state index contributed by atoms with van der Waals surface area (Å²) in [5, 5.41) is 22.4. The van der Waals surface area contributed by atoms with Gasteiger partial charge < -0.3 is 5.11 Å². The first-order chi connectivity index (χ1) is 12.2. The minimum absolute atomic E-state index is 0.00230. The number of rotatable bonds is 5. The third-order valence-corrected chi connectivity index (χ3v) is 6.00. The number of benzene rings is 2. The predicted molar refractivity (Wildman–Crippen MR) is 108 cm³/mol. The molecule has 0 aliphatic carbocycles. The van der Waals surface area contributed by atoms with Crippen LogP contribution < -0.4 is 0 Å². The number of fused-ring (bicyclic) bond motifs is 1. The van der Waals surface area contributed by atoms with Crippen LogP contribution in [-0.2, 0) is 10.8 Å². The standard InChI is InChI=1S/C22H29N3O/c1-7-21(3,4)16-13-12-15(20(26)18(16)22(5,6)8-2)14-10-9-11-17-19(14)24-25-23-17/h9-13,26H,7-8H2,1-6H3,(H,23,24,25). The van der Waals surface area contributed by atoms with E-state index in [0.717, 1.165) is 40.6 Å². The van der Waals surface area contributed by atoms with Crippen LogP contribution in [0.3, 0.4) is 0 Å². The monoisotopic (exact) mass is 351 g/mol. The number of H-pyrrole nitrogens is 1. The maximum atomic E-state index is 11.4. The number of nitrogens with zero attached hydrogens (tertiary/aromatic N) is 2. The normalized spacial score (nSPS) is 12.7. The molecule has 0 spiro atoms. The summed E-state index contributed by atoms with van der Waals surface area (Å²) in [7, 11) is 0. The van der Waals surface area contributed by atoms with E-state index in [0.29, 0.717) is 5.75 Å². The lowest BCUT2D eigenvalue weighted by molar-refractivity contribution is 0.409. The Labute approximate surface area is 155 Å². The lowest BCUT2D eigenvalue weighted by atomic mass is 9.70. The molecule has 138 valence electrons. The number of phenolic OH excluding ortho intramolecular Hbond substituents is 1. The van der Waals surface area contributed by atoms with Gasteiger partial charge in [-0.15, -0.1) is 5.10 Å². The lowest BCUT2D eigenvalue weighted by Gasteiger charge is -2.35. The fraction of sp³-hybridized carbons (Fsp3) is 0.455. The summed E-state index contributed by atoms with van der Waals surface area (Å²) in [5.74, 6) is 0.367. The first kappa shape index (κ1) is 18.4. The van der Waals surface area contributed by atoms with E-state index in [1.54, 1.807) is 0 Å². The second-order valence-corrected chi connectivity index (χ2v) is 8.37. The summed E-state index contributed by atoms with van der Waals surface area (Å²) in [5.41, 5.74) is 5.52. The maximum absolute atomic E-state index is 11.4. The van der Waals surface area contributed by atoms with Crippen molar-refractivity contribution in [1.29, 1.82) is 0 Å². The van der Waals surface area contributed by atoms with Gasteiger partial charge in [0.25, 0.3) is 0 Å². The molecule has 0 unspecified atom stereocenters. The molecule has 0 radical (unpaired) electrons. The molecule has 0 amide bonds. The summed E-state index contributed by atoms with van der Waals surface area (Å²) in [6.07, 6.45) is 1.96. The van der Waals surface area contributed by atoms with Gasteiger partial charge in [-0.05, 0) is 35.3 Å². The topological polar surface area (TPSA) is 61.8 Å². The Bertz CT molecular complexity index is 938. The fourth-order valence-corrected chi connectivity index (χ4v) is 3.51. The van der Waals surface area contributed by atoms with Gasteiger partial charge in [0.1, 0.15) is 11.3 Å². The van der Waals surface area contributed by atoms with E-state index in [9.17, 15) is 5.11 Å². The van der Waals surface area contributed by atoms with Gasteiger partial charge in [0.15, 0.2) is 0 Å². The molecule has 26 heavy (non-hydrogen) atoms. The minimum atomic E-state index is -0.125. The van der Waals surface area contributed by atoms with Crippen LogP contribution in [0, 0.1) is 0 Å². The molecule has 3 rings (SSSR count). The first-order valence-electron chi connectivity index (χ1n) is 9.40. The Morgan fingerprint density at radius 2 is 1.62 bits per heavy atom. The molecule has 3 aromatic rings. The molecule has 1 heterocycles. The molecule has 4 nitrogen and oxygen atoms in total. The quantitative estimate of drug-likeness (QED) is 0.619. The van der Waals surface area contributed by atoms with Crippen molar-refractivity contribution in [2.24, 2.45) is 0 Å². The van der Waals surface area contributed by atoms with E-state index < -0.39 is 0 Å². The second kappa shape index (κ2) is 6.42. The van der Waals surface area contributed by atoms with Crippen molar-refractivity contribution < 1.29 is 5.11 Å². The molecule has 4 heteroatoms. The van der Waals surface area contributed by atoms with Gasteiger partial charge in [-0.25, -0.2) is 0 Å². The second-order valence-electron chi connectivity index (χ2n) is 8.37. The first-order valence-corrected chi connectivity index (χ1v) is 9.40. The Balaban J connectivity index is 2.34. The molecule has 0 aliphatic heterocycles. The zero-order valence-corrected chi connectivity index (χ0v) is 16.6. The number of aromatic hydroxyl groups is 1. The number of aromatic nitrogens is 3. The Kier molecular flexibility index (Phi) is 4.55. The van der Waals surface area contributed by atoms with Crippen molar-refractivity contribution >= 4 is 11.0 Å². The summed E-state index contributed by atoms with van der Waals surface area (Å²) in [4.78, 5) is 0. The Morgan fingerprint density at radius 3 is 2.27 bits per heavy atom. The van der Waals surface area contributed by atoms with E-state index in [-0.39, 0.29) is 10.8 Å². The van der Waals surface area contributed by atoms with Crippen LogP contribution in [0.4, 0.5) is 0 Å². The van der Waals surface area contributed by atoms with Crippen LogP contribution in [0.1, 0.15) is 65.5 Å². The van der Waals surface area contributed by atoms with Crippen molar-refractivity contribution in [3.63, 3.8) is 0 Å². The highest BCUT2D eigenvalue weighted by molar-refractivity contribution is 5.93. The van der Waals surface area contributed by atoms with Crippen LogP contribution in [0.5, 0.6) is 5.75 Å². The van der Waals surface area contributed by atoms with Crippen molar-refractivity contribution in [1.82, 2.24) is 15.4 Å². The van der Waals surface area contributed by atoms with Crippen molar-refractivity contribution in [3.8, 4) is 16.9 Å². The van der Waals surface area contributed by atoms with E-state index in [1.165, 1.54) is 5.56 Å². The average molecular weight is 351 g/mol. The van der Waals surface area contributed by atoms with Gasteiger partial charge in [-0.3, -0.25) is 5.10 Å². The molecule has 2 aromatic carbocycles. The van der Waals surface area contributed by atoms with Crippen LogP contribution in [0.2, 0.25) is 0 Å². The summed E-state index contributed by atoms with van der Waals surface area (Å²) in [6, 6.07) is 10.1. The fourth-order valence-electron chi connectivity index (χ4n) is 3.51. The van der Waals surface area contributed by atoms with Crippen molar-refractivity contribution in [3.05, 3.63) is 41.5 Å². The van der Waals surface area contributed by atoms with E-state index in [2.05, 4.69) is 63.0 Å². The van der Waals surface area contributed by atoms with Crippen LogP contribution in [-0.4, -0.2) is 20.5 Å². The van der Waals surface area contributed by atoms with Gasteiger partial charge in [0.2, 0.25) is 0 Å². The van der Waals surface area contributed by atoms with E-state index >= 15 is 0 Å². The lowest BCUT2D eigenvalue weighted by Crippen LogP contribution is -2.25. The molecule has 2 N–H and O–H groups in total. The predicted octanol–water partition coefficient (Wildman–Crippen LogP) is 5.71.